The first kappa shape index (κ1) is 18.7. The fourth-order valence-electron chi connectivity index (χ4n) is 3.92. The number of esters is 1. The lowest BCUT2D eigenvalue weighted by Crippen LogP contribution is -2.48. The number of anilines is 1. The summed E-state index contributed by atoms with van der Waals surface area (Å²) in [5, 5.41) is 0.591. The average Bonchev–Trinajstić information content (AvgIpc) is 3.02. The molecule has 0 N–H and O–H groups in total. The molecule has 1 aromatic carbocycles. The van der Waals surface area contributed by atoms with Crippen molar-refractivity contribution < 1.29 is 19.1 Å². The Labute approximate surface area is 158 Å². The van der Waals surface area contributed by atoms with Gasteiger partial charge < -0.3 is 14.5 Å². The minimum atomic E-state index is -0.390. The van der Waals surface area contributed by atoms with Crippen molar-refractivity contribution in [1.82, 2.24) is 4.90 Å². The fraction of sp³-hybridized carbons (Fsp3) is 0.526. The van der Waals surface area contributed by atoms with Crippen LogP contribution in [-0.4, -0.2) is 55.8 Å². The van der Waals surface area contributed by atoms with Crippen LogP contribution in [0.1, 0.15) is 31.2 Å². The van der Waals surface area contributed by atoms with E-state index in [4.69, 9.17) is 16.3 Å². The third-order valence-electron chi connectivity index (χ3n) is 5.33. The van der Waals surface area contributed by atoms with E-state index >= 15 is 0 Å². The number of ketones is 1. The highest BCUT2D eigenvalue weighted by Crippen LogP contribution is 2.43. The number of ether oxygens (including phenoxy) is 1. The molecule has 1 aromatic rings. The van der Waals surface area contributed by atoms with Crippen LogP contribution in [0.5, 0.6) is 0 Å². The Hall–Kier alpha value is -2.08. The molecule has 6 nitrogen and oxygen atoms in total. The Morgan fingerprint density at radius 3 is 2.50 bits per heavy atom. The van der Waals surface area contributed by atoms with Crippen molar-refractivity contribution in [3.8, 4) is 0 Å². The number of hydrogen-bond acceptors (Lipinski definition) is 5. The van der Waals surface area contributed by atoms with Gasteiger partial charge in [-0.15, -0.1) is 0 Å². The van der Waals surface area contributed by atoms with Crippen LogP contribution < -0.4 is 4.90 Å². The SMILES string of the molecule is COC(=O)[C@@H]1CC(=O)[C@H](c2cccc(Cl)c2N2CCN(C(C)=O)CC2)C1. The Balaban J connectivity index is 1.86. The molecule has 0 bridgehead atoms. The van der Waals surface area contributed by atoms with Crippen molar-refractivity contribution in [1.29, 1.82) is 0 Å². The van der Waals surface area contributed by atoms with Crippen molar-refractivity contribution in [2.24, 2.45) is 5.92 Å². The summed E-state index contributed by atoms with van der Waals surface area (Å²) in [4.78, 5) is 39.9. The molecular weight excluding hydrogens is 356 g/mol. The van der Waals surface area contributed by atoms with Crippen LogP contribution >= 0.6 is 11.6 Å². The molecule has 26 heavy (non-hydrogen) atoms. The molecule has 1 amide bonds. The molecule has 0 spiro atoms. The number of amides is 1. The maximum Gasteiger partial charge on any atom is 0.309 e. The number of piperazine rings is 1. The van der Waals surface area contributed by atoms with E-state index in [0.717, 1.165) is 11.3 Å². The molecule has 1 saturated carbocycles. The van der Waals surface area contributed by atoms with Gasteiger partial charge in [-0.05, 0) is 18.1 Å². The topological polar surface area (TPSA) is 66.9 Å². The van der Waals surface area contributed by atoms with Crippen LogP contribution in [0.15, 0.2) is 18.2 Å². The molecule has 3 rings (SSSR count). The average molecular weight is 379 g/mol. The summed E-state index contributed by atoms with van der Waals surface area (Å²) in [6, 6.07) is 5.57. The minimum absolute atomic E-state index is 0.0475. The Morgan fingerprint density at radius 2 is 1.88 bits per heavy atom. The van der Waals surface area contributed by atoms with Gasteiger partial charge in [-0.2, -0.15) is 0 Å². The third kappa shape index (κ3) is 3.56. The molecule has 0 unspecified atom stereocenters. The number of Topliss-reactive ketones (excluding diaryl/α,β-unsaturated/α-hetero) is 1. The van der Waals surface area contributed by atoms with Gasteiger partial charge in [0.1, 0.15) is 5.78 Å². The number of para-hydroxylation sites is 1. The van der Waals surface area contributed by atoms with Crippen LogP contribution in [0.4, 0.5) is 5.69 Å². The molecule has 1 aliphatic heterocycles. The van der Waals surface area contributed by atoms with Gasteiger partial charge in [0.05, 0.1) is 23.7 Å². The molecule has 2 aliphatic rings. The number of rotatable bonds is 3. The zero-order chi connectivity index (χ0) is 18.8. The second-order valence-electron chi connectivity index (χ2n) is 6.85. The Kier molecular flexibility index (Phi) is 5.51. The number of nitrogens with zero attached hydrogens (tertiary/aromatic N) is 2. The van der Waals surface area contributed by atoms with Crippen LogP contribution in [0, 0.1) is 5.92 Å². The van der Waals surface area contributed by atoms with E-state index in [9.17, 15) is 14.4 Å². The second-order valence-corrected chi connectivity index (χ2v) is 7.26. The van der Waals surface area contributed by atoms with Crippen molar-refractivity contribution in [3.63, 3.8) is 0 Å². The zero-order valence-electron chi connectivity index (χ0n) is 15.0. The van der Waals surface area contributed by atoms with E-state index in [0.29, 0.717) is 37.6 Å². The van der Waals surface area contributed by atoms with Gasteiger partial charge in [-0.25, -0.2) is 0 Å². The van der Waals surface area contributed by atoms with Crippen LogP contribution in [0.2, 0.25) is 5.02 Å². The van der Waals surface area contributed by atoms with Crippen molar-refractivity contribution in [2.45, 2.75) is 25.7 Å². The normalized spacial score (nSPS) is 23.3. The molecule has 0 radical (unpaired) electrons. The Bertz CT molecular complexity index is 728. The first-order valence-corrected chi connectivity index (χ1v) is 9.19. The first-order chi connectivity index (χ1) is 12.4. The lowest BCUT2D eigenvalue weighted by Gasteiger charge is -2.37. The maximum absolute atomic E-state index is 12.6. The van der Waals surface area contributed by atoms with Gasteiger partial charge in [0.2, 0.25) is 5.91 Å². The number of benzene rings is 1. The van der Waals surface area contributed by atoms with E-state index in [1.807, 2.05) is 18.2 Å². The summed E-state index contributed by atoms with van der Waals surface area (Å²) in [6.07, 6.45) is 0.660. The highest BCUT2D eigenvalue weighted by Gasteiger charge is 2.40. The highest BCUT2D eigenvalue weighted by molar-refractivity contribution is 6.33. The summed E-state index contributed by atoms with van der Waals surface area (Å²) in [7, 11) is 1.35. The van der Waals surface area contributed by atoms with E-state index in [-0.39, 0.29) is 35.9 Å². The minimum Gasteiger partial charge on any atom is -0.469 e. The lowest BCUT2D eigenvalue weighted by atomic mass is 9.93. The molecule has 1 aliphatic carbocycles. The van der Waals surface area contributed by atoms with Gasteiger partial charge in [0, 0.05) is 45.4 Å². The third-order valence-corrected chi connectivity index (χ3v) is 5.63. The standard InChI is InChI=1S/C19H23ClN2O4/c1-12(23)21-6-8-22(9-7-21)18-14(4-3-5-16(18)20)15-10-13(11-17(15)24)19(25)26-2/h3-5,13,15H,6-11H2,1-2H3/t13-,15-/m0/s1. The largest absolute Gasteiger partial charge is 0.469 e. The van der Waals surface area contributed by atoms with E-state index in [1.54, 1.807) is 11.8 Å². The smallest absolute Gasteiger partial charge is 0.309 e. The van der Waals surface area contributed by atoms with Crippen LogP contribution in [0.25, 0.3) is 0 Å². The number of carbonyl (C=O) groups excluding carboxylic acids is 3. The van der Waals surface area contributed by atoms with Crippen LogP contribution in [-0.2, 0) is 19.1 Å². The molecule has 1 saturated heterocycles. The van der Waals surface area contributed by atoms with Gasteiger partial charge in [-0.1, -0.05) is 23.7 Å². The summed E-state index contributed by atoms with van der Waals surface area (Å²) in [6.45, 7) is 4.16. The number of carbonyl (C=O) groups is 3. The fourth-order valence-corrected chi connectivity index (χ4v) is 4.22. The highest BCUT2D eigenvalue weighted by atomic mass is 35.5. The zero-order valence-corrected chi connectivity index (χ0v) is 15.8. The molecule has 7 heteroatoms. The van der Waals surface area contributed by atoms with E-state index in [1.165, 1.54) is 7.11 Å². The summed E-state index contributed by atoms with van der Waals surface area (Å²) in [5.41, 5.74) is 1.71. The number of methoxy groups -OCH3 is 1. The van der Waals surface area contributed by atoms with E-state index in [2.05, 4.69) is 4.90 Å². The molecular formula is C19H23ClN2O4. The maximum atomic E-state index is 12.6. The van der Waals surface area contributed by atoms with Crippen molar-refractivity contribution >= 4 is 34.9 Å². The summed E-state index contributed by atoms with van der Waals surface area (Å²) < 4.78 is 4.81. The van der Waals surface area contributed by atoms with Gasteiger partial charge in [-0.3, -0.25) is 14.4 Å². The first-order valence-electron chi connectivity index (χ1n) is 8.81. The quantitative estimate of drug-likeness (QED) is 0.755. The molecule has 1 heterocycles. The second kappa shape index (κ2) is 7.66. The monoisotopic (exact) mass is 378 g/mol. The van der Waals surface area contributed by atoms with Crippen molar-refractivity contribution in [3.05, 3.63) is 28.8 Å². The lowest BCUT2D eigenvalue weighted by molar-refractivity contribution is -0.145. The van der Waals surface area contributed by atoms with Crippen molar-refractivity contribution in [2.75, 3.05) is 38.2 Å². The van der Waals surface area contributed by atoms with Gasteiger partial charge in [0.15, 0.2) is 0 Å². The predicted molar refractivity (Wildman–Crippen MR) is 98.4 cm³/mol. The van der Waals surface area contributed by atoms with Crippen LogP contribution in [0.3, 0.4) is 0 Å². The molecule has 2 fully saturated rings. The molecule has 140 valence electrons. The molecule has 2 atom stereocenters. The number of halogens is 1. The van der Waals surface area contributed by atoms with Gasteiger partial charge >= 0.3 is 5.97 Å². The van der Waals surface area contributed by atoms with E-state index < -0.39 is 0 Å². The summed E-state index contributed by atoms with van der Waals surface area (Å²) in [5.74, 6) is -0.959. The Morgan fingerprint density at radius 1 is 1.19 bits per heavy atom. The number of hydrogen-bond donors (Lipinski definition) is 0. The molecule has 0 aromatic heterocycles. The predicted octanol–water partition coefficient (Wildman–Crippen LogP) is 2.24. The van der Waals surface area contributed by atoms with Gasteiger partial charge in [0.25, 0.3) is 0 Å². The summed E-state index contributed by atoms with van der Waals surface area (Å²) >= 11 is 6.49.